The number of methoxy groups -OCH3 is 1. The van der Waals surface area contributed by atoms with Crippen molar-refractivity contribution in [3.63, 3.8) is 0 Å². The molecule has 0 radical (unpaired) electrons. The van der Waals surface area contributed by atoms with Crippen LogP contribution in [-0.4, -0.2) is 65.7 Å². The molecule has 2 aliphatic carbocycles. The molecule has 5 rings (SSSR count). The van der Waals surface area contributed by atoms with Crippen LogP contribution in [0.5, 0.6) is 0 Å². The van der Waals surface area contributed by atoms with Crippen LogP contribution in [0.1, 0.15) is 63.3 Å². The number of ether oxygens (including phenoxy) is 1. The first-order valence-electron chi connectivity index (χ1n) is 12.9. The number of aromatic nitrogens is 4. The van der Waals surface area contributed by atoms with Crippen LogP contribution in [-0.2, 0) is 14.6 Å². The van der Waals surface area contributed by atoms with Gasteiger partial charge in [-0.15, -0.1) is 11.3 Å². The molecule has 0 aliphatic heterocycles. The van der Waals surface area contributed by atoms with Gasteiger partial charge in [0, 0.05) is 38.1 Å². The number of fused-ring (bicyclic) bond motifs is 1. The van der Waals surface area contributed by atoms with Gasteiger partial charge in [-0.1, -0.05) is 0 Å². The van der Waals surface area contributed by atoms with Gasteiger partial charge in [0.15, 0.2) is 9.84 Å². The smallest absolute Gasteiger partial charge is 0.224 e. The predicted octanol–water partition coefficient (Wildman–Crippen LogP) is 4.80. The quantitative estimate of drug-likeness (QED) is 0.347. The van der Waals surface area contributed by atoms with Crippen LogP contribution in [0.25, 0.3) is 20.8 Å². The fourth-order valence-corrected chi connectivity index (χ4v) is 7.04. The second-order valence-electron chi connectivity index (χ2n) is 10.8. The Labute approximate surface area is 222 Å². The third-order valence-electron chi connectivity index (χ3n) is 7.90. The Bertz CT molecular complexity index is 1400. The Balaban J connectivity index is 1.49. The molecule has 2 fully saturated rings. The fourth-order valence-electron chi connectivity index (χ4n) is 5.15. The van der Waals surface area contributed by atoms with Gasteiger partial charge in [0.2, 0.25) is 5.95 Å². The molecule has 0 spiro atoms. The summed E-state index contributed by atoms with van der Waals surface area (Å²) < 4.78 is 30.4. The number of nitrogens with zero attached hydrogens (tertiary/aromatic N) is 4. The lowest BCUT2D eigenvalue weighted by molar-refractivity contribution is 0.210. The SMILES string of the molecule is COCCNc1nc(C)c(-c2nc3c(C4CC4)nccc3s2)c(NC2CCC(C(C)(C)S(C)(=O)=O)C2)n1. The molecule has 2 N–H and O–H groups in total. The van der Waals surface area contributed by atoms with Crippen LogP contribution in [0.2, 0.25) is 0 Å². The minimum absolute atomic E-state index is 0.0836. The summed E-state index contributed by atoms with van der Waals surface area (Å²) in [5.41, 5.74) is 3.80. The van der Waals surface area contributed by atoms with E-state index >= 15 is 0 Å². The molecule has 3 aromatic heterocycles. The Morgan fingerprint density at radius 3 is 2.65 bits per heavy atom. The molecule has 37 heavy (non-hydrogen) atoms. The highest BCUT2D eigenvalue weighted by Crippen LogP contribution is 2.45. The maximum Gasteiger partial charge on any atom is 0.224 e. The summed E-state index contributed by atoms with van der Waals surface area (Å²) in [5, 5.41) is 7.78. The first-order valence-corrected chi connectivity index (χ1v) is 15.6. The number of nitrogens with one attached hydrogen (secondary N) is 2. The lowest BCUT2D eigenvalue weighted by atomic mass is 9.93. The van der Waals surface area contributed by atoms with E-state index in [9.17, 15) is 8.42 Å². The number of anilines is 2. The number of pyridine rings is 1. The average molecular weight is 545 g/mol. The van der Waals surface area contributed by atoms with Crippen molar-refractivity contribution in [2.24, 2.45) is 5.92 Å². The maximum atomic E-state index is 12.5. The Morgan fingerprint density at radius 1 is 1.16 bits per heavy atom. The van der Waals surface area contributed by atoms with Crippen molar-refractivity contribution in [1.82, 2.24) is 19.9 Å². The number of thiazole rings is 1. The molecule has 2 aliphatic rings. The van der Waals surface area contributed by atoms with Gasteiger partial charge < -0.3 is 15.4 Å². The molecule has 0 bridgehead atoms. The van der Waals surface area contributed by atoms with Crippen molar-refractivity contribution >= 4 is 43.2 Å². The van der Waals surface area contributed by atoms with Crippen LogP contribution in [0.15, 0.2) is 12.3 Å². The highest BCUT2D eigenvalue weighted by Gasteiger charge is 2.43. The van der Waals surface area contributed by atoms with Crippen molar-refractivity contribution in [1.29, 1.82) is 0 Å². The van der Waals surface area contributed by atoms with E-state index in [1.54, 1.807) is 18.4 Å². The van der Waals surface area contributed by atoms with E-state index in [4.69, 9.17) is 19.7 Å². The Kier molecular flexibility index (Phi) is 7.14. The Hall–Kier alpha value is -2.37. The van der Waals surface area contributed by atoms with Gasteiger partial charge in [0.05, 0.1) is 33.0 Å². The lowest BCUT2D eigenvalue weighted by Gasteiger charge is -2.30. The third-order valence-corrected chi connectivity index (χ3v) is 11.2. The van der Waals surface area contributed by atoms with Gasteiger partial charge in [-0.3, -0.25) is 4.98 Å². The van der Waals surface area contributed by atoms with E-state index in [0.29, 0.717) is 25.0 Å². The van der Waals surface area contributed by atoms with Crippen LogP contribution in [0.4, 0.5) is 11.8 Å². The van der Waals surface area contributed by atoms with Crippen molar-refractivity contribution in [3.05, 3.63) is 23.7 Å². The lowest BCUT2D eigenvalue weighted by Crippen LogP contribution is -2.38. The highest BCUT2D eigenvalue weighted by atomic mass is 32.2. The molecular formula is C26H36N6O3S2. The molecule has 0 saturated heterocycles. The molecule has 3 aromatic rings. The third kappa shape index (κ3) is 5.31. The van der Waals surface area contributed by atoms with Crippen LogP contribution >= 0.6 is 11.3 Å². The zero-order valence-corrected chi connectivity index (χ0v) is 23.8. The van der Waals surface area contributed by atoms with E-state index in [1.165, 1.54) is 19.1 Å². The normalized spacial score (nSPS) is 20.5. The average Bonchev–Trinajstić information content (AvgIpc) is 3.40. The minimum Gasteiger partial charge on any atom is -0.383 e. The van der Waals surface area contributed by atoms with Gasteiger partial charge in [0.1, 0.15) is 16.3 Å². The Morgan fingerprint density at radius 2 is 1.95 bits per heavy atom. The van der Waals surface area contributed by atoms with Gasteiger partial charge in [-0.2, -0.15) is 4.98 Å². The molecule has 9 nitrogen and oxygen atoms in total. The van der Waals surface area contributed by atoms with E-state index in [2.05, 4.69) is 15.6 Å². The van der Waals surface area contributed by atoms with Crippen molar-refractivity contribution < 1.29 is 13.2 Å². The molecule has 200 valence electrons. The standard InChI is InChI=1S/C26H36N6O3S2/c1-15-20(24-31-22-19(36-24)10-11-27-21(22)16-6-7-16)23(32-25(29-15)28-12-13-35-4)30-18-9-8-17(14-18)26(2,3)37(5,33)34/h10-11,16-18H,6-9,12-14H2,1-5H3,(H2,28,29,30,32). The molecule has 0 amide bonds. The molecule has 2 saturated carbocycles. The monoisotopic (exact) mass is 544 g/mol. The molecule has 2 atom stereocenters. The second-order valence-corrected chi connectivity index (χ2v) is 14.5. The van der Waals surface area contributed by atoms with Gasteiger partial charge in [-0.25, -0.2) is 18.4 Å². The molecule has 11 heteroatoms. The molecule has 3 heterocycles. The minimum atomic E-state index is -3.17. The maximum absolute atomic E-state index is 12.5. The number of rotatable bonds is 10. The van der Waals surface area contributed by atoms with Crippen LogP contribution < -0.4 is 10.6 Å². The van der Waals surface area contributed by atoms with Crippen molar-refractivity contribution in [3.8, 4) is 10.6 Å². The zero-order valence-electron chi connectivity index (χ0n) is 22.2. The first-order chi connectivity index (χ1) is 17.6. The summed E-state index contributed by atoms with van der Waals surface area (Å²) >= 11 is 1.64. The fraction of sp³-hybridized carbons (Fsp3) is 0.615. The predicted molar refractivity (Wildman–Crippen MR) is 149 cm³/mol. The van der Waals surface area contributed by atoms with Gasteiger partial charge in [-0.05, 0) is 64.9 Å². The van der Waals surface area contributed by atoms with E-state index < -0.39 is 14.6 Å². The van der Waals surface area contributed by atoms with Crippen molar-refractivity contribution in [2.75, 3.05) is 37.2 Å². The summed E-state index contributed by atoms with van der Waals surface area (Å²) in [6, 6.07) is 2.14. The van der Waals surface area contributed by atoms with Crippen LogP contribution in [0, 0.1) is 12.8 Å². The topological polar surface area (TPSA) is 119 Å². The summed E-state index contributed by atoms with van der Waals surface area (Å²) in [4.78, 5) is 19.3. The largest absolute Gasteiger partial charge is 0.383 e. The molecule has 0 aromatic carbocycles. The summed E-state index contributed by atoms with van der Waals surface area (Å²) in [5.74, 6) is 1.86. The number of hydrogen-bond donors (Lipinski definition) is 2. The highest BCUT2D eigenvalue weighted by molar-refractivity contribution is 7.92. The van der Waals surface area contributed by atoms with Gasteiger partial charge in [0.25, 0.3) is 0 Å². The number of hydrogen-bond acceptors (Lipinski definition) is 10. The molecule has 2 unspecified atom stereocenters. The van der Waals surface area contributed by atoms with Crippen molar-refractivity contribution in [2.45, 2.75) is 69.6 Å². The summed E-state index contributed by atoms with van der Waals surface area (Å²) in [6.07, 6.45) is 8.07. The van der Waals surface area contributed by atoms with E-state index in [0.717, 1.165) is 57.3 Å². The van der Waals surface area contributed by atoms with E-state index in [-0.39, 0.29) is 12.0 Å². The molecular weight excluding hydrogens is 508 g/mol. The second kappa shape index (κ2) is 10.1. The first kappa shape index (κ1) is 26.2. The zero-order chi connectivity index (χ0) is 26.4. The van der Waals surface area contributed by atoms with Crippen LogP contribution in [0.3, 0.4) is 0 Å². The number of aryl methyl sites for hydroxylation is 1. The summed E-state index contributed by atoms with van der Waals surface area (Å²) in [6.45, 7) is 6.83. The van der Waals surface area contributed by atoms with Gasteiger partial charge >= 0.3 is 0 Å². The van der Waals surface area contributed by atoms with E-state index in [1.807, 2.05) is 33.0 Å². The summed E-state index contributed by atoms with van der Waals surface area (Å²) in [7, 11) is -1.51. The number of sulfone groups is 1.